The molecule has 140 valence electrons. The number of fused-ring (bicyclic) bond motifs is 1. The summed E-state index contributed by atoms with van der Waals surface area (Å²) in [5, 5.41) is 0.559. The lowest BCUT2D eigenvalue weighted by Gasteiger charge is -2.35. The molecular weight excluding hydrogens is 362 g/mol. The van der Waals surface area contributed by atoms with Crippen LogP contribution in [-0.2, 0) is 7.05 Å². The molecule has 0 bridgehead atoms. The van der Waals surface area contributed by atoms with E-state index >= 15 is 0 Å². The Labute approximate surface area is 160 Å². The van der Waals surface area contributed by atoms with Crippen molar-refractivity contribution >= 4 is 33.3 Å². The minimum Gasteiger partial charge on any atom is -0.353 e. The average Bonchev–Trinajstić information content (AvgIpc) is 3.02. The summed E-state index contributed by atoms with van der Waals surface area (Å²) >= 11 is 1.32. The summed E-state index contributed by atoms with van der Waals surface area (Å²) in [6.07, 6.45) is 1.78. The van der Waals surface area contributed by atoms with Gasteiger partial charge in [-0.1, -0.05) is 6.07 Å². The number of nitrogens with zero attached hydrogens (tertiary/aromatic N) is 5. The molecule has 0 radical (unpaired) electrons. The van der Waals surface area contributed by atoms with Crippen molar-refractivity contribution in [3.63, 3.8) is 0 Å². The Bertz CT molecular complexity index is 1070. The summed E-state index contributed by atoms with van der Waals surface area (Å²) in [6.45, 7) is 6.39. The molecule has 0 atom stereocenters. The Morgan fingerprint density at radius 1 is 1.15 bits per heavy atom. The number of carbonyl (C=O) groups excluding carboxylic acids is 1. The topological polar surface area (TPSA) is 71.3 Å². The molecule has 8 heteroatoms. The van der Waals surface area contributed by atoms with Gasteiger partial charge in [-0.15, -0.1) is 11.3 Å². The molecule has 1 aliphatic heterocycles. The molecule has 0 spiro atoms. The number of aryl methyl sites for hydroxylation is 2. The number of rotatable bonds is 2. The minimum absolute atomic E-state index is 0.0177. The number of carbonyl (C=O) groups is 1. The molecule has 1 aliphatic rings. The second-order valence-electron chi connectivity index (χ2n) is 6.73. The molecule has 1 fully saturated rings. The van der Waals surface area contributed by atoms with Crippen LogP contribution in [0.3, 0.4) is 0 Å². The molecule has 4 rings (SSSR count). The van der Waals surface area contributed by atoms with E-state index in [1.165, 1.54) is 15.9 Å². The van der Waals surface area contributed by atoms with Crippen LogP contribution in [-0.4, -0.2) is 51.5 Å². The van der Waals surface area contributed by atoms with E-state index in [0.29, 0.717) is 34.0 Å². The molecule has 4 heterocycles. The Hall–Kier alpha value is -2.74. The molecule has 0 aromatic carbocycles. The van der Waals surface area contributed by atoms with Crippen LogP contribution < -0.4 is 10.5 Å². The standard InChI is InChI=1S/C19H21N5O2S/c1-12-15-17(21-13(2)22(3)18(15)25)27-16(12)19(26)24-10-8-23(9-11-24)14-6-4-5-7-20-14/h4-7H,8-11H2,1-3H3. The van der Waals surface area contributed by atoms with E-state index in [2.05, 4.69) is 14.9 Å². The molecule has 0 unspecified atom stereocenters. The molecule has 0 saturated carbocycles. The number of thiophene rings is 1. The first-order valence-electron chi connectivity index (χ1n) is 8.89. The van der Waals surface area contributed by atoms with Crippen LogP contribution in [0.1, 0.15) is 21.1 Å². The minimum atomic E-state index is -0.0923. The molecule has 27 heavy (non-hydrogen) atoms. The third-order valence-corrected chi connectivity index (χ3v) is 6.30. The van der Waals surface area contributed by atoms with Crippen molar-refractivity contribution in [2.75, 3.05) is 31.1 Å². The Morgan fingerprint density at radius 2 is 1.89 bits per heavy atom. The van der Waals surface area contributed by atoms with Crippen molar-refractivity contribution in [2.24, 2.45) is 7.05 Å². The largest absolute Gasteiger partial charge is 0.353 e. The van der Waals surface area contributed by atoms with Crippen molar-refractivity contribution in [1.29, 1.82) is 0 Å². The summed E-state index contributed by atoms with van der Waals surface area (Å²) in [4.78, 5) is 39.8. The molecule has 0 aliphatic carbocycles. The Balaban J connectivity index is 1.58. The highest BCUT2D eigenvalue weighted by atomic mass is 32.1. The Kier molecular flexibility index (Phi) is 4.43. The van der Waals surface area contributed by atoms with Crippen LogP contribution in [0.4, 0.5) is 5.82 Å². The predicted molar refractivity (Wildman–Crippen MR) is 107 cm³/mol. The van der Waals surface area contributed by atoms with Crippen molar-refractivity contribution in [1.82, 2.24) is 19.4 Å². The van der Waals surface area contributed by atoms with E-state index in [1.54, 1.807) is 20.2 Å². The van der Waals surface area contributed by atoms with Gasteiger partial charge in [0, 0.05) is 39.4 Å². The molecule has 1 amide bonds. The van der Waals surface area contributed by atoms with E-state index < -0.39 is 0 Å². The van der Waals surface area contributed by atoms with Crippen LogP contribution in [0.15, 0.2) is 29.2 Å². The predicted octanol–water partition coefficient (Wildman–Crippen LogP) is 1.97. The van der Waals surface area contributed by atoms with E-state index in [-0.39, 0.29) is 11.5 Å². The van der Waals surface area contributed by atoms with Crippen LogP contribution in [0.2, 0.25) is 0 Å². The van der Waals surface area contributed by atoms with Crippen molar-refractivity contribution < 1.29 is 4.79 Å². The quantitative estimate of drug-likeness (QED) is 0.677. The monoisotopic (exact) mass is 383 g/mol. The van der Waals surface area contributed by atoms with Gasteiger partial charge < -0.3 is 9.80 Å². The highest BCUT2D eigenvalue weighted by Crippen LogP contribution is 2.29. The van der Waals surface area contributed by atoms with E-state index in [1.807, 2.05) is 30.0 Å². The first kappa shape index (κ1) is 17.7. The number of piperazine rings is 1. The van der Waals surface area contributed by atoms with Gasteiger partial charge in [-0.3, -0.25) is 14.2 Å². The highest BCUT2D eigenvalue weighted by molar-refractivity contribution is 7.20. The highest BCUT2D eigenvalue weighted by Gasteiger charge is 2.27. The van der Waals surface area contributed by atoms with E-state index in [9.17, 15) is 9.59 Å². The number of amides is 1. The molecule has 1 saturated heterocycles. The van der Waals surface area contributed by atoms with Gasteiger partial charge in [-0.2, -0.15) is 0 Å². The average molecular weight is 383 g/mol. The smallest absolute Gasteiger partial charge is 0.264 e. The normalized spacial score (nSPS) is 14.8. The van der Waals surface area contributed by atoms with Gasteiger partial charge in [0.25, 0.3) is 11.5 Å². The third kappa shape index (κ3) is 2.99. The first-order valence-corrected chi connectivity index (χ1v) is 9.71. The summed E-state index contributed by atoms with van der Waals surface area (Å²) in [5.74, 6) is 1.57. The number of aromatic nitrogens is 3. The molecule has 7 nitrogen and oxygen atoms in total. The van der Waals surface area contributed by atoms with E-state index in [0.717, 1.165) is 24.5 Å². The van der Waals surface area contributed by atoms with Gasteiger partial charge in [0.1, 0.15) is 16.5 Å². The SMILES string of the molecule is Cc1c(C(=O)N2CCN(c3ccccn3)CC2)sc2nc(C)n(C)c(=O)c12. The Morgan fingerprint density at radius 3 is 2.56 bits per heavy atom. The maximum absolute atomic E-state index is 13.1. The van der Waals surface area contributed by atoms with Gasteiger partial charge in [-0.05, 0) is 31.5 Å². The lowest BCUT2D eigenvalue weighted by molar-refractivity contribution is 0.0751. The fraction of sp³-hybridized carbons (Fsp3) is 0.368. The summed E-state index contributed by atoms with van der Waals surface area (Å²) in [7, 11) is 1.71. The lowest BCUT2D eigenvalue weighted by atomic mass is 10.2. The second-order valence-corrected chi connectivity index (χ2v) is 7.73. The maximum atomic E-state index is 13.1. The van der Waals surface area contributed by atoms with Gasteiger partial charge in [-0.25, -0.2) is 9.97 Å². The van der Waals surface area contributed by atoms with Crippen LogP contribution in [0.5, 0.6) is 0 Å². The second kappa shape index (κ2) is 6.77. The van der Waals surface area contributed by atoms with Crippen LogP contribution in [0, 0.1) is 13.8 Å². The zero-order valence-corrected chi connectivity index (χ0v) is 16.4. The first-order chi connectivity index (χ1) is 13.0. The lowest BCUT2D eigenvalue weighted by Crippen LogP contribution is -2.49. The number of anilines is 1. The number of pyridine rings is 1. The zero-order chi connectivity index (χ0) is 19.1. The third-order valence-electron chi connectivity index (χ3n) is 5.13. The van der Waals surface area contributed by atoms with Crippen LogP contribution in [0.25, 0.3) is 10.2 Å². The summed E-state index contributed by atoms with van der Waals surface area (Å²) in [6, 6.07) is 5.85. The van der Waals surface area contributed by atoms with Crippen LogP contribution >= 0.6 is 11.3 Å². The summed E-state index contributed by atoms with van der Waals surface area (Å²) in [5.41, 5.74) is 0.644. The van der Waals surface area contributed by atoms with Crippen molar-refractivity contribution in [2.45, 2.75) is 13.8 Å². The van der Waals surface area contributed by atoms with Crippen molar-refractivity contribution in [3.05, 3.63) is 51.0 Å². The fourth-order valence-electron chi connectivity index (χ4n) is 3.39. The number of hydrogen-bond donors (Lipinski definition) is 0. The number of hydrogen-bond acceptors (Lipinski definition) is 6. The van der Waals surface area contributed by atoms with Gasteiger partial charge in [0.15, 0.2) is 0 Å². The summed E-state index contributed by atoms with van der Waals surface area (Å²) < 4.78 is 1.53. The van der Waals surface area contributed by atoms with Crippen molar-refractivity contribution in [3.8, 4) is 0 Å². The fourth-order valence-corrected chi connectivity index (χ4v) is 4.58. The van der Waals surface area contributed by atoms with Gasteiger partial charge in [0.2, 0.25) is 0 Å². The van der Waals surface area contributed by atoms with E-state index in [4.69, 9.17) is 0 Å². The van der Waals surface area contributed by atoms with Gasteiger partial charge in [0.05, 0.1) is 10.3 Å². The zero-order valence-electron chi connectivity index (χ0n) is 15.6. The maximum Gasteiger partial charge on any atom is 0.264 e. The van der Waals surface area contributed by atoms with Gasteiger partial charge >= 0.3 is 0 Å². The molecule has 0 N–H and O–H groups in total. The molecule has 3 aromatic rings. The molecular formula is C19H21N5O2S. The molecule has 3 aromatic heterocycles.